The third-order valence-corrected chi connectivity index (χ3v) is 3.78. The predicted molar refractivity (Wildman–Crippen MR) is 68.7 cm³/mol. The summed E-state index contributed by atoms with van der Waals surface area (Å²) in [6, 6.07) is 3.30. The zero-order valence-electron chi connectivity index (χ0n) is 9.34. The van der Waals surface area contributed by atoms with E-state index in [0.717, 1.165) is 6.26 Å². The zero-order chi connectivity index (χ0) is 13.3. The van der Waals surface area contributed by atoms with E-state index in [9.17, 15) is 8.42 Å². The molecule has 8 heteroatoms. The number of aromatic nitrogens is 3. The molecule has 0 saturated heterocycles. The second-order valence-electron chi connectivity index (χ2n) is 3.69. The van der Waals surface area contributed by atoms with E-state index in [2.05, 4.69) is 9.97 Å². The van der Waals surface area contributed by atoms with Gasteiger partial charge in [0.15, 0.2) is 0 Å². The van der Waals surface area contributed by atoms with Crippen LogP contribution in [0.3, 0.4) is 0 Å². The Balaban J connectivity index is 2.38. The molecule has 0 radical (unpaired) electrons. The minimum Gasteiger partial charge on any atom is -0.317 e. The molecule has 0 amide bonds. The molecule has 0 atom stereocenters. The highest BCUT2D eigenvalue weighted by molar-refractivity contribution is 7.90. The van der Waals surface area contributed by atoms with Gasteiger partial charge in [-0.2, -0.15) is 0 Å². The maximum Gasteiger partial charge on any atom is 0.227 e. The van der Waals surface area contributed by atoms with Gasteiger partial charge in [-0.3, -0.25) is 0 Å². The van der Waals surface area contributed by atoms with E-state index in [1.807, 2.05) is 0 Å². The summed E-state index contributed by atoms with van der Waals surface area (Å²) in [6.45, 7) is 0.269. The summed E-state index contributed by atoms with van der Waals surface area (Å²) >= 11 is 11.6. The van der Waals surface area contributed by atoms with Crippen molar-refractivity contribution in [3.05, 3.63) is 40.4 Å². The van der Waals surface area contributed by atoms with E-state index in [4.69, 9.17) is 23.2 Å². The highest BCUT2D eigenvalue weighted by atomic mass is 35.5. The molecule has 0 aliphatic rings. The van der Waals surface area contributed by atoms with E-state index in [-0.39, 0.29) is 22.0 Å². The fraction of sp³-hybridized carbons (Fsp3) is 0.200. The fourth-order valence-corrected chi connectivity index (χ4v) is 2.70. The van der Waals surface area contributed by atoms with Gasteiger partial charge in [0.05, 0.1) is 6.54 Å². The van der Waals surface area contributed by atoms with Crippen LogP contribution in [0.25, 0.3) is 0 Å². The highest BCUT2D eigenvalue weighted by Gasteiger charge is 2.15. The number of imidazole rings is 1. The van der Waals surface area contributed by atoms with Crippen LogP contribution < -0.4 is 0 Å². The molecule has 2 heterocycles. The van der Waals surface area contributed by atoms with Gasteiger partial charge in [0.2, 0.25) is 15.0 Å². The van der Waals surface area contributed by atoms with Crippen molar-refractivity contribution in [2.75, 3.05) is 6.26 Å². The molecule has 0 N–H and O–H groups in total. The molecule has 0 spiro atoms. The molecular weight excluding hydrogens is 297 g/mol. The first-order valence-corrected chi connectivity index (χ1v) is 7.55. The summed E-state index contributed by atoms with van der Waals surface area (Å²) in [6.07, 6.45) is 4.10. The molecule has 5 nitrogen and oxygen atoms in total. The predicted octanol–water partition coefficient (Wildman–Crippen LogP) is 2.04. The molecule has 18 heavy (non-hydrogen) atoms. The van der Waals surface area contributed by atoms with E-state index < -0.39 is 9.84 Å². The Morgan fingerprint density at radius 2 is 2.06 bits per heavy atom. The average Bonchev–Trinajstić information content (AvgIpc) is 2.70. The molecule has 2 aromatic heterocycles. The summed E-state index contributed by atoms with van der Waals surface area (Å²) in [5.74, 6) is 0. The summed E-state index contributed by atoms with van der Waals surface area (Å²) in [4.78, 5) is 7.71. The van der Waals surface area contributed by atoms with Crippen LogP contribution in [0.2, 0.25) is 10.3 Å². The van der Waals surface area contributed by atoms with Gasteiger partial charge in [-0.15, -0.1) is 0 Å². The summed E-state index contributed by atoms with van der Waals surface area (Å²) in [7, 11) is -3.37. The first kappa shape index (κ1) is 13.3. The van der Waals surface area contributed by atoms with E-state index in [1.54, 1.807) is 18.3 Å². The van der Waals surface area contributed by atoms with E-state index in [1.165, 1.54) is 10.8 Å². The lowest BCUT2D eigenvalue weighted by molar-refractivity contribution is 0.578. The lowest BCUT2D eigenvalue weighted by Gasteiger charge is -2.07. The van der Waals surface area contributed by atoms with E-state index >= 15 is 0 Å². The fourth-order valence-electron chi connectivity index (χ4n) is 1.49. The Kier molecular flexibility index (Phi) is 3.61. The van der Waals surface area contributed by atoms with E-state index in [0.29, 0.717) is 5.56 Å². The molecule has 96 valence electrons. The quantitative estimate of drug-likeness (QED) is 0.814. The number of rotatable bonds is 3. The van der Waals surface area contributed by atoms with Crippen molar-refractivity contribution in [1.82, 2.24) is 14.5 Å². The second kappa shape index (κ2) is 4.87. The molecule has 0 fully saturated rings. The van der Waals surface area contributed by atoms with Crippen LogP contribution in [0.1, 0.15) is 5.56 Å². The van der Waals surface area contributed by atoms with Crippen LogP contribution in [0, 0.1) is 0 Å². The number of pyridine rings is 1. The van der Waals surface area contributed by atoms with Crippen molar-refractivity contribution in [2.45, 2.75) is 11.7 Å². The van der Waals surface area contributed by atoms with Crippen molar-refractivity contribution >= 4 is 33.0 Å². The second-order valence-corrected chi connectivity index (χ2v) is 6.35. The van der Waals surface area contributed by atoms with Gasteiger partial charge < -0.3 is 4.57 Å². The zero-order valence-corrected chi connectivity index (χ0v) is 11.7. The Labute approximate surface area is 114 Å². The topological polar surface area (TPSA) is 64.8 Å². The van der Waals surface area contributed by atoms with Crippen molar-refractivity contribution in [3.8, 4) is 0 Å². The number of sulfone groups is 1. The number of nitrogens with zero attached hydrogens (tertiary/aromatic N) is 3. The maximum absolute atomic E-state index is 11.5. The number of hydrogen-bond acceptors (Lipinski definition) is 4. The SMILES string of the molecule is CS(=O)(=O)c1nccn1Cc1ccc(Cl)nc1Cl. The molecule has 0 aromatic carbocycles. The Morgan fingerprint density at radius 1 is 1.33 bits per heavy atom. The van der Waals surface area contributed by atoms with Gasteiger partial charge in [0.1, 0.15) is 10.3 Å². The van der Waals surface area contributed by atoms with Crippen molar-refractivity contribution in [1.29, 1.82) is 0 Å². The van der Waals surface area contributed by atoms with Gasteiger partial charge in [0.25, 0.3) is 0 Å². The minimum atomic E-state index is -3.37. The number of hydrogen-bond donors (Lipinski definition) is 0. The average molecular weight is 306 g/mol. The molecule has 2 rings (SSSR count). The maximum atomic E-state index is 11.5. The molecule has 0 saturated carbocycles. The third kappa shape index (κ3) is 2.82. The van der Waals surface area contributed by atoms with Gasteiger partial charge in [-0.05, 0) is 6.07 Å². The summed E-state index contributed by atoms with van der Waals surface area (Å²) < 4.78 is 24.5. The molecule has 0 bridgehead atoms. The van der Waals surface area contributed by atoms with Crippen LogP contribution in [0.15, 0.2) is 29.7 Å². The minimum absolute atomic E-state index is 0.00600. The summed E-state index contributed by atoms with van der Waals surface area (Å²) in [5, 5.41) is 0.530. The first-order chi connectivity index (χ1) is 8.38. The highest BCUT2D eigenvalue weighted by Crippen LogP contribution is 2.19. The van der Waals surface area contributed by atoms with Crippen molar-refractivity contribution in [3.63, 3.8) is 0 Å². The van der Waals surface area contributed by atoms with Crippen LogP contribution in [-0.2, 0) is 16.4 Å². The van der Waals surface area contributed by atoms with Crippen LogP contribution in [0.5, 0.6) is 0 Å². The normalized spacial score (nSPS) is 11.7. The monoisotopic (exact) mass is 305 g/mol. The Bertz CT molecular complexity index is 682. The molecule has 0 aliphatic carbocycles. The largest absolute Gasteiger partial charge is 0.317 e. The lowest BCUT2D eigenvalue weighted by Crippen LogP contribution is -2.10. The lowest BCUT2D eigenvalue weighted by atomic mass is 10.3. The van der Waals surface area contributed by atoms with Crippen LogP contribution >= 0.6 is 23.2 Å². The van der Waals surface area contributed by atoms with Crippen LogP contribution in [0.4, 0.5) is 0 Å². The van der Waals surface area contributed by atoms with Gasteiger partial charge in [-0.25, -0.2) is 18.4 Å². The smallest absolute Gasteiger partial charge is 0.227 e. The van der Waals surface area contributed by atoms with Gasteiger partial charge in [-0.1, -0.05) is 29.3 Å². The van der Waals surface area contributed by atoms with Crippen molar-refractivity contribution < 1.29 is 8.42 Å². The standard InChI is InChI=1S/C10H9Cl2N3O2S/c1-18(16,17)10-13-4-5-15(10)6-7-2-3-8(11)14-9(7)12/h2-5H,6H2,1H3. The van der Waals surface area contributed by atoms with Crippen LogP contribution in [-0.4, -0.2) is 29.2 Å². The third-order valence-electron chi connectivity index (χ3n) is 2.24. The number of halogens is 2. The molecular formula is C10H9Cl2N3O2S. The molecule has 0 aliphatic heterocycles. The Morgan fingerprint density at radius 3 is 2.67 bits per heavy atom. The molecule has 0 unspecified atom stereocenters. The summed E-state index contributed by atoms with van der Waals surface area (Å²) in [5.41, 5.74) is 0.670. The van der Waals surface area contributed by atoms with Gasteiger partial charge in [0, 0.05) is 24.2 Å². The first-order valence-electron chi connectivity index (χ1n) is 4.90. The Hall–Kier alpha value is -1.11. The van der Waals surface area contributed by atoms with Crippen molar-refractivity contribution in [2.24, 2.45) is 0 Å². The molecule has 2 aromatic rings. The van der Waals surface area contributed by atoms with Gasteiger partial charge >= 0.3 is 0 Å².